The van der Waals surface area contributed by atoms with Crippen molar-refractivity contribution in [2.45, 2.75) is 47.0 Å². The summed E-state index contributed by atoms with van der Waals surface area (Å²) in [5.74, 6) is 0.910. The molecule has 2 aromatic heterocycles. The average molecular weight is 960 g/mol. The van der Waals surface area contributed by atoms with E-state index in [1.54, 1.807) is 0 Å². The molecule has 0 unspecified atom stereocenters. The molecule has 0 bridgehead atoms. The number of phenols is 1. The van der Waals surface area contributed by atoms with Crippen LogP contribution in [0.2, 0.25) is 0 Å². The average Bonchev–Trinajstić information content (AvgIpc) is 3.65. The molecular formula is C55H46N3OPt-. The van der Waals surface area contributed by atoms with Crippen LogP contribution in [0.3, 0.4) is 0 Å². The fourth-order valence-corrected chi connectivity index (χ4v) is 8.17. The van der Waals surface area contributed by atoms with Crippen LogP contribution in [0, 0.1) is 26.8 Å². The van der Waals surface area contributed by atoms with E-state index in [2.05, 4.69) is 185 Å². The molecule has 1 N–H and O–H groups in total. The largest absolute Gasteiger partial charge is 0.507 e. The van der Waals surface area contributed by atoms with E-state index < -0.39 is 0 Å². The van der Waals surface area contributed by atoms with Gasteiger partial charge in [-0.3, -0.25) is 9.55 Å². The molecule has 2 heterocycles. The van der Waals surface area contributed by atoms with Gasteiger partial charge in [-0.05, 0) is 101 Å². The number of para-hydroxylation sites is 1. The van der Waals surface area contributed by atoms with E-state index in [1.807, 2.05) is 31.3 Å². The van der Waals surface area contributed by atoms with Crippen molar-refractivity contribution in [3.05, 3.63) is 192 Å². The second-order valence-electron chi connectivity index (χ2n) is 16.6. The number of rotatable bonds is 7. The van der Waals surface area contributed by atoms with Crippen LogP contribution in [0.15, 0.2) is 164 Å². The normalized spacial score (nSPS) is 11.4. The second kappa shape index (κ2) is 16.4. The molecule has 0 saturated carbocycles. The summed E-state index contributed by atoms with van der Waals surface area (Å²) in [4.78, 5) is 10.4. The number of pyridine rings is 1. The van der Waals surface area contributed by atoms with Crippen molar-refractivity contribution in [3.63, 3.8) is 0 Å². The number of nitrogens with zero attached hydrogens (tertiary/aromatic N) is 3. The summed E-state index contributed by atoms with van der Waals surface area (Å²) in [6.07, 6.45) is 1.88. The van der Waals surface area contributed by atoms with Gasteiger partial charge >= 0.3 is 0 Å². The van der Waals surface area contributed by atoms with Crippen LogP contribution >= 0.6 is 0 Å². The summed E-state index contributed by atoms with van der Waals surface area (Å²) < 4.78 is 2.25. The van der Waals surface area contributed by atoms with Gasteiger partial charge in [0.25, 0.3) is 0 Å². The molecule has 0 radical (unpaired) electrons. The number of aromatic nitrogens is 3. The van der Waals surface area contributed by atoms with Gasteiger partial charge in [-0.15, -0.1) is 23.8 Å². The predicted octanol–water partition coefficient (Wildman–Crippen LogP) is 14.1. The Morgan fingerprint density at radius 2 is 1.18 bits per heavy atom. The molecule has 0 aliphatic rings. The van der Waals surface area contributed by atoms with Gasteiger partial charge in [0.05, 0.1) is 22.3 Å². The van der Waals surface area contributed by atoms with Crippen molar-refractivity contribution in [1.29, 1.82) is 0 Å². The van der Waals surface area contributed by atoms with Crippen molar-refractivity contribution in [3.8, 4) is 78.6 Å². The summed E-state index contributed by atoms with van der Waals surface area (Å²) in [6, 6.07) is 59.2. The summed E-state index contributed by atoms with van der Waals surface area (Å²) in [5.41, 5.74) is 17.8. The Bertz CT molecular complexity index is 3000. The fourth-order valence-electron chi connectivity index (χ4n) is 8.17. The molecule has 0 spiro atoms. The standard InChI is InChI=1S/C55H46N3O.Pt/c1-35-20-22-40(23-21-35)42-26-27-56-49(34-42)45-31-43(39-16-11-8-12-17-39)30-44(32-45)46-18-13-19-51-52(46)57-54(47-29-36(2)28-37(3)53(47)59)58(51)50-25-24-41(33-48(50)55(4,5)6)38-14-9-7-10-15-38;/h7-31,33-34,59H,1-6H3;/q-1;. The van der Waals surface area contributed by atoms with Crippen LogP contribution in [0.25, 0.3) is 83.9 Å². The van der Waals surface area contributed by atoms with Crippen LogP contribution in [-0.2, 0) is 26.5 Å². The molecule has 4 nitrogen and oxygen atoms in total. The number of hydrogen-bond donors (Lipinski definition) is 1. The van der Waals surface area contributed by atoms with Crippen molar-refractivity contribution in [2.75, 3.05) is 0 Å². The van der Waals surface area contributed by atoms with Gasteiger partial charge in [0.2, 0.25) is 0 Å². The van der Waals surface area contributed by atoms with Gasteiger partial charge in [-0.25, -0.2) is 4.98 Å². The molecule has 298 valence electrons. The van der Waals surface area contributed by atoms with E-state index >= 15 is 0 Å². The summed E-state index contributed by atoms with van der Waals surface area (Å²) in [5, 5.41) is 11.8. The Balaban J connectivity index is 0.00000499. The van der Waals surface area contributed by atoms with Crippen molar-refractivity contribution in [1.82, 2.24) is 14.5 Å². The molecule has 5 heteroatoms. The first-order valence-electron chi connectivity index (χ1n) is 20.2. The Kier molecular flexibility index (Phi) is 11.0. The van der Waals surface area contributed by atoms with Crippen LogP contribution < -0.4 is 0 Å². The van der Waals surface area contributed by atoms with Crippen molar-refractivity contribution in [2.24, 2.45) is 0 Å². The summed E-state index contributed by atoms with van der Waals surface area (Å²) in [6.45, 7) is 12.9. The molecule has 0 fully saturated rings. The minimum Gasteiger partial charge on any atom is -0.507 e. The number of hydrogen-bond acceptors (Lipinski definition) is 3. The van der Waals surface area contributed by atoms with Gasteiger partial charge < -0.3 is 5.11 Å². The summed E-state index contributed by atoms with van der Waals surface area (Å²) in [7, 11) is 0. The van der Waals surface area contributed by atoms with E-state index in [-0.39, 0.29) is 32.2 Å². The van der Waals surface area contributed by atoms with E-state index in [0.29, 0.717) is 11.4 Å². The first-order valence-corrected chi connectivity index (χ1v) is 20.2. The number of phenolic OH excluding ortho intramolecular Hbond substituents is 1. The number of aromatic hydroxyl groups is 1. The Labute approximate surface area is 367 Å². The van der Waals surface area contributed by atoms with Crippen molar-refractivity contribution >= 4 is 11.0 Å². The molecule has 0 saturated heterocycles. The van der Waals surface area contributed by atoms with E-state index in [1.165, 1.54) is 11.1 Å². The fraction of sp³-hybridized carbons (Fsp3) is 0.127. The number of imidazole rings is 1. The smallest absolute Gasteiger partial charge is 0.148 e. The minimum absolute atomic E-state index is 0. The molecule has 0 atom stereocenters. The Morgan fingerprint density at radius 1 is 0.550 bits per heavy atom. The van der Waals surface area contributed by atoms with Crippen LogP contribution in [0.4, 0.5) is 0 Å². The maximum atomic E-state index is 11.8. The zero-order chi connectivity index (χ0) is 40.8. The predicted molar refractivity (Wildman–Crippen MR) is 245 cm³/mol. The maximum Gasteiger partial charge on any atom is 0.148 e. The molecule has 9 rings (SSSR count). The first kappa shape index (κ1) is 40.4. The van der Waals surface area contributed by atoms with Crippen molar-refractivity contribution < 1.29 is 26.2 Å². The topological polar surface area (TPSA) is 50.9 Å². The molecule has 60 heavy (non-hydrogen) atoms. The molecular weight excluding hydrogens is 914 g/mol. The van der Waals surface area contributed by atoms with Gasteiger partial charge in [0.1, 0.15) is 11.6 Å². The van der Waals surface area contributed by atoms with E-state index in [4.69, 9.17) is 9.97 Å². The number of fused-ring (bicyclic) bond motifs is 1. The molecule has 0 aliphatic carbocycles. The number of aryl methyl sites for hydroxylation is 3. The molecule has 0 amide bonds. The molecule has 9 aromatic rings. The molecule has 0 aliphatic heterocycles. The van der Waals surface area contributed by atoms with Crippen LogP contribution in [0.5, 0.6) is 5.75 Å². The van der Waals surface area contributed by atoms with Gasteiger partial charge in [-0.2, -0.15) is 0 Å². The minimum atomic E-state index is -0.219. The Morgan fingerprint density at radius 3 is 1.88 bits per heavy atom. The van der Waals surface area contributed by atoms with Gasteiger partial charge in [-0.1, -0.05) is 158 Å². The van der Waals surface area contributed by atoms with Gasteiger partial charge in [0.15, 0.2) is 0 Å². The summed E-state index contributed by atoms with van der Waals surface area (Å²) >= 11 is 0. The zero-order valence-electron chi connectivity index (χ0n) is 34.7. The third kappa shape index (κ3) is 7.76. The Hall–Kier alpha value is -6.35. The van der Waals surface area contributed by atoms with Crippen LogP contribution in [-0.4, -0.2) is 19.6 Å². The SMILES string of the molecule is Cc1ccc(-c2ccnc(-c3[c-]c(-c4cccc5c4nc(-c4cc(C)cc(C)c4O)n5-c4ccc(-c5ccccc5)cc4C(C)(C)C)cc(-c4ccccc4)c3)c2)cc1.[Pt]. The van der Waals surface area contributed by atoms with E-state index in [9.17, 15) is 5.11 Å². The zero-order valence-corrected chi connectivity index (χ0v) is 37.0. The molecule has 7 aromatic carbocycles. The quantitative estimate of drug-likeness (QED) is 0.162. The first-order chi connectivity index (χ1) is 28.5. The second-order valence-corrected chi connectivity index (χ2v) is 16.6. The third-order valence-corrected chi connectivity index (χ3v) is 11.2. The third-order valence-electron chi connectivity index (χ3n) is 11.2. The maximum absolute atomic E-state index is 11.8. The number of benzene rings is 7. The van der Waals surface area contributed by atoms with Gasteiger partial charge in [0, 0.05) is 33.0 Å². The monoisotopic (exact) mass is 959 g/mol. The van der Waals surface area contributed by atoms with E-state index in [0.717, 1.165) is 83.6 Å². The van der Waals surface area contributed by atoms with Crippen LogP contribution in [0.1, 0.15) is 43.0 Å².